The van der Waals surface area contributed by atoms with Crippen molar-refractivity contribution in [2.75, 3.05) is 13.1 Å². The average Bonchev–Trinajstić information content (AvgIpc) is 2.31. The zero-order valence-corrected chi connectivity index (χ0v) is 11.3. The largest absolute Gasteiger partial charge is 0.389 e. The fourth-order valence-corrected chi connectivity index (χ4v) is 2.24. The SMILES string of the molecule is CCNC(=O)C(C)NCC1(O)CCC(C)CC1. The summed E-state index contributed by atoms with van der Waals surface area (Å²) < 4.78 is 0. The third kappa shape index (κ3) is 4.64. The Kier molecular flexibility index (Phi) is 5.40. The molecule has 0 aromatic carbocycles. The molecule has 0 heterocycles. The van der Waals surface area contributed by atoms with Crippen molar-refractivity contribution < 1.29 is 9.90 Å². The van der Waals surface area contributed by atoms with Gasteiger partial charge in [0.05, 0.1) is 11.6 Å². The summed E-state index contributed by atoms with van der Waals surface area (Å²) in [7, 11) is 0. The second-order valence-electron chi connectivity index (χ2n) is 5.40. The first-order chi connectivity index (χ1) is 7.97. The average molecular weight is 242 g/mol. The van der Waals surface area contributed by atoms with Crippen LogP contribution in [0.1, 0.15) is 46.5 Å². The Hall–Kier alpha value is -0.610. The number of carbonyl (C=O) groups excluding carboxylic acids is 1. The monoisotopic (exact) mass is 242 g/mol. The van der Waals surface area contributed by atoms with Crippen LogP contribution in [0.2, 0.25) is 0 Å². The molecule has 100 valence electrons. The van der Waals surface area contributed by atoms with E-state index in [4.69, 9.17) is 0 Å². The van der Waals surface area contributed by atoms with E-state index in [1.54, 1.807) is 0 Å². The minimum Gasteiger partial charge on any atom is -0.389 e. The van der Waals surface area contributed by atoms with E-state index in [1.807, 2.05) is 13.8 Å². The molecule has 1 atom stereocenters. The van der Waals surface area contributed by atoms with Crippen LogP contribution in [0.4, 0.5) is 0 Å². The molecular weight excluding hydrogens is 216 g/mol. The van der Waals surface area contributed by atoms with Gasteiger partial charge in [-0.25, -0.2) is 0 Å². The quantitative estimate of drug-likeness (QED) is 0.675. The first-order valence-corrected chi connectivity index (χ1v) is 6.70. The highest BCUT2D eigenvalue weighted by molar-refractivity contribution is 5.81. The third-order valence-corrected chi connectivity index (χ3v) is 3.69. The summed E-state index contributed by atoms with van der Waals surface area (Å²) in [5.41, 5.74) is -0.618. The molecule has 0 saturated heterocycles. The molecule has 4 heteroatoms. The van der Waals surface area contributed by atoms with Crippen molar-refractivity contribution in [1.82, 2.24) is 10.6 Å². The summed E-state index contributed by atoms with van der Waals surface area (Å²) in [5.74, 6) is 0.719. The van der Waals surface area contributed by atoms with Crippen LogP contribution >= 0.6 is 0 Å². The number of rotatable bonds is 5. The Balaban J connectivity index is 2.32. The van der Waals surface area contributed by atoms with Gasteiger partial charge < -0.3 is 15.7 Å². The summed E-state index contributed by atoms with van der Waals surface area (Å²) in [6.07, 6.45) is 3.83. The van der Waals surface area contributed by atoms with Crippen LogP contribution < -0.4 is 10.6 Å². The molecule has 1 aliphatic rings. The van der Waals surface area contributed by atoms with Gasteiger partial charge in [0.1, 0.15) is 0 Å². The van der Waals surface area contributed by atoms with Crippen molar-refractivity contribution in [3.8, 4) is 0 Å². The highest BCUT2D eigenvalue weighted by Crippen LogP contribution is 2.31. The van der Waals surface area contributed by atoms with Gasteiger partial charge in [0, 0.05) is 13.1 Å². The van der Waals surface area contributed by atoms with Gasteiger partial charge in [0.25, 0.3) is 0 Å². The first-order valence-electron chi connectivity index (χ1n) is 6.70. The van der Waals surface area contributed by atoms with Crippen LogP contribution in [-0.4, -0.2) is 35.7 Å². The molecule has 1 fully saturated rings. The first kappa shape index (κ1) is 14.5. The van der Waals surface area contributed by atoms with Gasteiger partial charge in [-0.1, -0.05) is 6.92 Å². The normalized spacial score (nSPS) is 30.9. The molecule has 1 amide bonds. The van der Waals surface area contributed by atoms with E-state index in [0.29, 0.717) is 13.1 Å². The molecular formula is C13H26N2O2. The van der Waals surface area contributed by atoms with Crippen LogP contribution in [0.15, 0.2) is 0 Å². The van der Waals surface area contributed by atoms with Crippen LogP contribution in [0.3, 0.4) is 0 Å². The molecule has 0 aliphatic heterocycles. The van der Waals surface area contributed by atoms with E-state index < -0.39 is 5.60 Å². The molecule has 0 bridgehead atoms. The highest BCUT2D eigenvalue weighted by Gasteiger charge is 2.32. The number of likely N-dealkylation sites (N-methyl/N-ethyl adjacent to an activating group) is 1. The molecule has 17 heavy (non-hydrogen) atoms. The lowest BCUT2D eigenvalue weighted by atomic mass is 9.79. The molecule has 1 unspecified atom stereocenters. The van der Waals surface area contributed by atoms with E-state index in [1.165, 1.54) is 0 Å². The van der Waals surface area contributed by atoms with Crippen molar-refractivity contribution in [2.45, 2.75) is 58.1 Å². The molecule has 0 aromatic heterocycles. The second kappa shape index (κ2) is 6.36. The molecule has 0 radical (unpaired) electrons. The maximum absolute atomic E-state index is 11.5. The summed E-state index contributed by atoms with van der Waals surface area (Å²) in [5, 5.41) is 16.3. The molecule has 1 saturated carbocycles. The third-order valence-electron chi connectivity index (χ3n) is 3.69. The van der Waals surface area contributed by atoms with Gasteiger partial charge in [-0.2, -0.15) is 0 Å². The van der Waals surface area contributed by atoms with E-state index in [-0.39, 0.29) is 11.9 Å². The number of hydrogen-bond donors (Lipinski definition) is 3. The van der Waals surface area contributed by atoms with E-state index >= 15 is 0 Å². The molecule has 0 spiro atoms. The Morgan fingerprint density at radius 1 is 1.47 bits per heavy atom. The van der Waals surface area contributed by atoms with E-state index in [2.05, 4.69) is 17.6 Å². The van der Waals surface area contributed by atoms with Crippen molar-refractivity contribution in [2.24, 2.45) is 5.92 Å². The maximum atomic E-state index is 11.5. The lowest BCUT2D eigenvalue weighted by Crippen LogP contribution is -2.50. The second-order valence-corrected chi connectivity index (χ2v) is 5.40. The Morgan fingerprint density at radius 2 is 2.06 bits per heavy atom. The zero-order chi connectivity index (χ0) is 12.9. The Morgan fingerprint density at radius 3 is 2.59 bits per heavy atom. The molecule has 3 N–H and O–H groups in total. The molecule has 4 nitrogen and oxygen atoms in total. The Bertz CT molecular complexity index is 248. The molecule has 1 rings (SSSR count). The summed E-state index contributed by atoms with van der Waals surface area (Å²) in [6.45, 7) is 7.12. The van der Waals surface area contributed by atoms with Gasteiger partial charge in [-0.3, -0.25) is 4.79 Å². The summed E-state index contributed by atoms with van der Waals surface area (Å²) >= 11 is 0. The van der Waals surface area contributed by atoms with Gasteiger partial charge in [-0.05, 0) is 45.4 Å². The van der Waals surface area contributed by atoms with E-state index in [9.17, 15) is 9.90 Å². The van der Waals surface area contributed by atoms with E-state index in [0.717, 1.165) is 31.6 Å². The van der Waals surface area contributed by atoms with Crippen LogP contribution in [0.5, 0.6) is 0 Å². The summed E-state index contributed by atoms with van der Waals surface area (Å²) in [4.78, 5) is 11.5. The standard InChI is InChI=1S/C13H26N2O2/c1-4-14-12(16)11(3)15-9-13(17)7-5-10(2)6-8-13/h10-11,15,17H,4-9H2,1-3H3,(H,14,16). The number of nitrogens with one attached hydrogen (secondary N) is 2. The zero-order valence-electron chi connectivity index (χ0n) is 11.3. The minimum absolute atomic E-state index is 0.000257. The smallest absolute Gasteiger partial charge is 0.236 e. The van der Waals surface area contributed by atoms with Crippen molar-refractivity contribution in [3.05, 3.63) is 0 Å². The number of amides is 1. The van der Waals surface area contributed by atoms with Crippen molar-refractivity contribution in [3.63, 3.8) is 0 Å². The minimum atomic E-state index is -0.618. The number of hydrogen-bond acceptors (Lipinski definition) is 3. The number of carbonyl (C=O) groups is 1. The predicted molar refractivity (Wildman–Crippen MR) is 68.7 cm³/mol. The van der Waals surface area contributed by atoms with Crippen LogP contribution in [0, 0.1) is 5.92 Å². The lowest BCUT2D eigenvalue weighted by Gasteiger charge is -2.35. The highest BCUT2D eigenvalue weighted by atomic mass is 16.3. The maximum Gasteiger partial charge on any atom is 0.236 e. The predicted octanol–water partition coefficient (Wildman–Crippen LogP) is 1.04. The Labute approximate surface area is 104 Å². The van der Waals surface area contributed by atoms with Crippen molar-refractivity contribution >= 4 is 5.91 Å². The topological polar surface area (TPSA) is 61.4 Å². The molecule has 1 aliphatic carbocycles. The van der Waals surface area contributed by atoms with Gasteiger partial charge in [0.15, 0.2) is 0 Å². The van der Waals surface area contributed by atoms with Crippen LogP contribution in [0.25, 0.3) is 0 Å². The lowest BCUT2D eigenvalue weighted by molar-refractivity contribution is -0.123. The fourth-order valence-electron chi connectivity index (χ4n) is 2.24. The number of aliphatic hydroxyl groups is 1. The van der Waals surface area contributed by atoms with Gasteiger partial charge in [0.2, 0.25) is 5.91 Å². The van der Waals surface area contributed by atoms with Crippen LogP contribution in [-0.2, 0) is 4.79 Å². The summed E-state index contributed by atoms with van der Waals surface area (Å²) in [6, 6.07) is -0.238. The van der Waals surface area contributed by atoms with Gasteiger partial charge in [-0.15, -0.1) is 0 Å². The molecule has 0 aromatic rings. The fraction of sp³-hybridized carbons (Fsp3) is 0.923. The van der Waals surface area contributed by atoms with Crippen molar-refractivity contribution in [1.29, 1.82) is 0 Å². The van der Waals surface area contributed by atoms with Gasteiger partial charge >= 0.3 is 0 Å².